The van der Waals surface area contributed by atoms with Crippen LogP contribution in [-0.4, -0.2) is 13.2 Å². The van der Waals surface area contributed by atoms with Gasteiger partial charge in [-0.15, -0.1) is 0 Å². The summed E-state index contributed by atoms with van der Waals surface area (Å²) in [4.78, 5) is 0. The summed E-state index contributed by atoms with van der Waals surface area (Å²) >= 11 is 3.57. The van der Waals surface area contributed by atoms with Gasteiger partial charge in [-0.3, -0.25) is 0 Å². The molecule has 0 bridgehead atoms. The fraction of sp³-hybridized carbons (Fsp3) is 0.385. The number of hydrogen-bond acceptors (Lipinski definition) is 2. The van der Waals surface area contributed by atoms with Gasteiger partial charge in [-0.2, -0.15) is 0 Å². The predicted molar refractivity (Wildman–Crippen MR) is 69.7 cm³/mol. The molecule has 0 heterocycles. The minimum atomic E-state index is 0.249. The van der Waals surface area contributed by atoms with Crippen LogP contribution in [0.15, 0.2) is 34.3 Å². The van der Waals surface area contributed by atoms with Crippen molar-refractivity contribution in [3.05, 3.63) is 39.9 Å². The average molecular weight is 282 g/mol. The molecule has 0 aromatic heterocycles. The lowest BCUT2D eigenvalue weighted by molar-refractivity contribution is 0.414. The van der Waals surface area contributed by atoms with Crippen molar-refractivity contribution in [2.75, 3.05) is 7.11 Å². The molecule has 0 fully saturated rings. The molecule has 1 atom stereocenters. The molecule has 0 spiro atoms. The summed E-state index contributed by atoms with van der Waals surface area (Å²) in [7, 11) is 1.69. The Morgan fingerprint density at radius 1 is 1.50 bits per heavy atom. The Morgan fingerprint density at radius 2 is 2.31 bits per heavy atom. The summed E-state index contributed by atoms with van der Waals surface area (Å²) in [5.41, 5.74) is 8.56. The normalized spacial score (nSPS) is 19.7. The molecule has 0 saturated heterocycles. The number of nitrogens with two attached hydrogens (primary N) is 1. The van der Waals surface area contributed by atoms with Crippen LogP contribution in [0, 0.1) is 0 Å². The molecule has 1 unspecified atom stereocenters. The monoisotopic (exact) mass is 281 g/mol. The molecule has 2 rings (SSSR count). The SMILES string of the molecule is COc1ccc(Br)c(CC2=CC(N)CC2)c1. The fourth-order valence-corrected chi connectivity index (χ4v) is 2.41. The number of methoxy groups -OCH3 is 1. The summed E-state index contributed by atoms with van der Waals surface area (Å²) in [6.45, 7) is 0. The fourth-order valence-electron chi connectivity index (χ4n) is 2.03. The minimum Gasteiger partial charge on any atom is -0.497 e. The van der Waals surface area contributed by atoms with E-state index in [9.17, 15) is 0 Å². The van der Waals surface area contributed by atoms with Crippen molar-refractivity contribution in [3.63, 3.8) is 0 Å². The first-order chi connectivity index (χ1) is 7.69. The van der Waals surface area contributed by atoms with Crippen LogP contribution in [-0.2, 0) is 6.42 Å². The number of benzene rings is 1. The Morgan fingerprint density at radius 3 is 2.94 bits per heavy atom. The van der Waals surface area contributed by atoms with Crippen LogP contribution in [0.1, 0.15) is 18.4 Å². The van der Waals surface area contributed by atoms with Gasteiger partial charge >= 0.3 is 0 Å². The zero-order chi connectivity index (χ0) is 11.5. The first-order valence-corrected chi connectivity index (χ1v) is 6.26. The first kappa shape index (κ1) is 11.7. The van der Waals surface area contributed by atoms with Gasteiger partial charge in [-0.1, -0.05) is 27.6 Å². The lowest BCUT2D eigenvalue weighted by Gasteiger charge is -2.07. The highest BCUT2D eigenvalue weighted by atomic mass is 79.9. The topological polar surface area (TPSA) is 35.2 Å². The van der Waals surface area contributed by atoms with E-state index in [2.05, 4.69) is 28.1 Å². The number of rotatable bonds is 3. The molecule has 0 radical (unpaired) electrons. The van der Waals surface area contributed by atoms with Crippen LogP contribution in [0.5, 0.6) is 5.75 Å². The van der Waals surface area contributed by atoms with E-state index in [1.165, 1.54) is 11.1 Å². The van der Waals surface area contributed by atoms with Gasteiger partial charge in [0.2, 0.25) is 0 Å². The molecule has 1 aliphatic carbocycles. The van der Waals surface area contributed by atoms with Gasteiger partial charge in [0.15, 0.2) is 0 Å². The highest BCUT2D eigenvalue weighted by molar-refractivity contribution is 9.10. The van der Waals surface area contributed by atoms with E-state index in [4.69, 9.17) is 10.5 Å². The summed E-state index contributed by atoms with van der Waals surface area (Å²) in [5.74, 6) is 0.904. The number of allylic oxidation sites excluding steroid dienone is 1. The average Bonchev–Trinajstić information content (AvgIpc) is 2.67. The zero-order valence-corrected chi connectivity index (χ0v) is 11.0. The van der Waals surface area contributed by atoms with E-state index in [0.717, 1.165) is 29.5 Å². The predicted octanol–water partition coefficient (Wildman–Crippen LogP) is 3.05. The van der Waals surface area contributed by atoms with Crippen LogP contribution in [0.2, 0.25) is 0 Å². The summed E-state index contributed by atoms with van der Waals surface area (Å²) in [6, 6.07) is 6.32. The maximum atomic E-state index is 5.86. The van der Waals surface area contributed by atoms with Crippen LogP contribution >= 0.6 is 15.9 Å². The van der Waals surface area contributed by atoms with E-state index >= 15 is 0 Å². The quantitative estimate of drug-likeness (QED) is 0.865. The van der Waals surface area contributed by atoms with Crippen LogP contribution in [0.25, 0.3) is 0 Å². The van der Waals surface area contributed by atoms with Crippen LogP contribution in [0.3, 0.4) is 0 Å². The highest BCUT2D eigenvalue weighted by Crippen LogP contribution is 2.28. The van der Waals surface area contributed by atoms with Crippen LogP contribution < -0.4 is 10.5 Å². The van der Waals surface area contributed by atoms with Crippen LogP contribution in [0.4, 0.5) is 0 Å². The molecular weight excluding hydrogens is 266 g/mol. The van der Waals surface area contributed by atoms with Gasteiger partial charge in [0.25, 0.3) is 0 Å². The van der Waals surface area contributed by atoms with Crippen molar-refractivity contribution >= 4 is 15.9 Å². The number of halogens is 1. The molecule has 2 N–H and O–H groups in total. The van der Waals surface area contributed by atoms with E-state index in [1.807, 2.05) is 12.1 Å². The molecule has 2 nitrogen and oxygen atoms in total. The third-order valence-corrected chi connectivity index (χ3v) is 3.69. The summed E-state index contributed by atoms with van der Waals surface area (Å²) < 4.78 is 6.36. The lowest BCUT2D eigenvalue weighted by Crippen LogP contribution is -2.11. The van der Waals surface area contributed by atoms with E-state index in [0.29, 0.717) is 0 Å². The van der Waals surface area contributed by atoms with E-state index in [1.54, 1.807) is 7.11 Å². The Bertz CT molecular complexity index is 414. The highest BCUT2D eigenvalue weighted by Gasteiger charge is 2.13. The Hall–Kier alpha value is -0.800. The second kappa shape index (κ2) is 5.02. The second-order valence-electron chi connectivity index (χ2n) is 4.16. The smallest absolute Gasteiger partial charge is 0.119 e. The molecule has 3 heteroatoms. The first-order valence-electron chi connectivity index (χ1n) is 5.46. The molecule has 16 heavy (non-hydrogen) atoms. The number of ether oxygens (including phenoxy) is 1. The van der Waals surface area contributed by atoms with Crippen molar-refractivity contribution in [3.8, 4) is 5.75 Å². The summed E-state index contributed by atoms with van der Waals surface area (Å²) in [6.07, 6.45) is 5.35. The minimum absolute atomic E-state index is 0.249. The van der Waals surface area contributed by atoms with Gasteiger partial charge in [-0.25, -0.2) is 0 Å². The Balaban J connectivity index is 2.17. The lowest BCUT2D eigenvalue weighted by atomic mass is 10.0. The number of hydrogen-bond donors (Lipinski definition) is 1. The van der Waals surface area contributed by atoms with Crippen molar-refractivity contribution in [2.45, 2.75) is 25.3 Å². The molecule has 0 saturated carbocycles. The van der Waals surface area contributed by atoms with Gasteiger partial charge in [0.05, 0.1) is 7.11 Å². The van der Waals surface area contributed by atoms with Gasteiger partial charge in [0.1, 0.15) is 5.75 Å². The third kappa shape index (κ3) is 2.66. The van der Waals surface area contributed by atoms with Crippen molar-refractivity contribution in [1.29, 1.82) is 0 Å². The van der Waals surface area contributed by atoms with Crippen molar-refractivity contribution in [1.82, 2.24) is 0 Å². The molecule has 1 aromatic rings. The zero-order valence-electron chi connectivity index (χ0n) is 9.37. The van der Waals surface area contributed by atoms with Gasteiger partial charge in [0, 0.05) is 10.5 Å². The summed E-state index contributed by atoms with van der Waals surface area (Å²) in [5, 5.41) is 0. The molecule has 1 aromatic carbocycles. The van der Waals surface area contributed by atoms with E-state index < -0.39 is 0 Å². The Kier molecular flexibility index (Phi) is 3.66. The Labute approximate surface area is 105 Å². The molecule has 1 aliphatic rings. The molecule has 0 aliphatic heterocycles. The maximum Gasteiger partial charge on any atom is 0.119 e. The largest absolute Gasteiger partial charge is 0.497 e. The second-order valence-corrected chi connectivity index (χ2v) is 5.02. The van der Waals surface area contributed by atoms with Crippen molar-refractivity contribution in [2.24, 2.45) is 5.73 Å². The van der Waals surface area contributed by atoms with E-state index in [-0.39, 0.29) is 6.04 Å². The maximum absolute atomic E-state index is 5.86. The van der Waals surface area contributed by atoms with Crippen molar-refractivity contribution < 1.29 is 4.74 Å². The third-order valence-electron chi connectivity index (χ3n) is 2.92. The molecular formula is C13H16BrNO. The van der Waals surface area contributed by atoms with Gasteiger partial charge < -0.3 is 10.5 Å². The van der Waals surface area contributed by atoms with Gasteiger partial charge in [-0.05, 0) is 43.0 Å². The molecule has 0 amide bonds. The standard InChI is InChI=1S/C13H16BrNO/c1-16-12-4-5-13(14)10(8-12)6-9-2-3-11(15)7-9/h4-5,7-8,11H,2-3,6,15H2,1H3. The molecule has 86 valence electrons.